The number of hydrogen-bond acceptors (Lipinski definition) is 4. The fourth-order valence-electron chi connectivity index (χ4n) is 1.75. The molecule has 0 spiro atoms. The van der Waals surface area contributed by atoms with Crippen LogP contribution in [0.2, 0.25) is 0 Å². The summed E-state index contributed by atoms with van der Waals surface area (Å²) in [4.78, 5) is 6.44. The van der Waals surface area contributed by atoms with Gasteiger partial charge >= 0.3 is 0 Å². The molecule has 4 nitrogen and oxygen atoms in total. The first kappa shape index (κ1) is 14.9. The molecule has 18 heavy (non-hydrogen) atoms. The molecule has 0 unspecified atom stereocenters. The summed E-state index contributed by atoms with van der Waals surface area (Å²) in [5.41, 5.74) is 2.43. The molecule has 1 heterocycles. The van der Waals surface area contributed by atoms with Gasteiger partial charge in [-0.25, -0.2) is 4.98 Å². The fraction of sp³-hybridized carbons (Fsp3) is 0.643. The van der Waals surface area contributed by atoms with Gasteiger partial charge in [0.15, 0.2) is 0 Å². The number of aliphatic hydroxyl groups excluding tert-OH is 1. The monoisotopic (exact) mass is 251 g/mol. The molecule has 0 bridgehead atoms. The van der Waals surface area contributed by atoms with Gasteiger partial charge in [-0.15, -0.1) is 0 Å². The van der Waals surface area contributed by atoms with Crippen LogP contribution >= 0.6 is 0 Å². The average Bonchev–Trinajstić information content (AvgIpc) is 2.25. The van der Waals surface area contributed by atoms with Crippen LogP contribution in [-0.4, -0.2) is 35.8 Å². The maximum absolute atomic E-state index is 8.94. The number of likely N-dealkylation sites (N-methyl/N-ethyl adjacent to an activating group) is 1. The minimum absolute atomic E-state index is 0.111. The lowest BCUT2D eigenvalue weighted by Crippen LogP contribution is -2.35. The van der Waals surface area contributed by atoms with Gasteiger partial charge in [-0.05, 0) is 44.9 Å². The van der Waals surface area contributed by atoms with Crippen molar-refractivity contribution >= 4 is 5.82 Å². The number of hydrogen-bond donors (Lipinski definition) is 2. The number of pyridine rings is 1. The van der Waals surface area contributed by atoms with Crippen molar-refractivity contribution in [2.24, 2.45) is 0 Å². The van der Waals surface area contributed by atoms with Crippen LogP contribution < -0.4 is 10.2 Å². The summed E-state index contributed by atoms with van der Waals surface area (Å²) in [5, 5.41) is 12.4. The van der Waals surface area contributed by atoms with Crippen molar-refractivity contribution in [1.82, 2.24) is 10.3 Å². The van der Waals surface area contributed by atoms with Crippen LogP contribution in [0.5, 0.6) is 0 Å². The first-order valence-corrected chi connectivity index (χ1v) is 6.36. The van der Waals surface area contributed by atoms with Gasteiger partial charge in [0, 0.05) is 31.9 Å². The topological polar surface area (TPSA) is 48.4 Å². The summed E-state index contributed by atoms with van der Waals surface area (Å²) in [6.07, 6.45) is 1.90. The quantitative estimate of drug-likeness (QED) is 0.836. The minimum atomic E-state index is 0.111. The molecule has 1 aromatic heterocycles. The SMILES string of the molecule is Cc1cc(CNC(C)(C)C)cnc1N(C)CCO. The maximum atomic E-state index is 8.94. The first-order valence-electron chi connectivity index (χ1n) is 6.36. The van der Waals surface area contributed by atoms with Crippen molar-refractivity contribution < 1.29 is 5.11 Å². The fourth-order valence-corrected chi connectivity index (χ4v) is 1.75. The van der Waals surface area contributed by atoms with Gasteiger partial charge in [-0.3, -0.25) is 0 Å². The van der Waals surface area contributed by atoms with E-state index in [4.69, 9.17) is 5.11 Å². The standard InChI is InChI=1S/C14H25N3O/c1-11-8-12(10-16-14(2,3)4)9-15-13(11)17(5)6-7-18/h8-9,16,18H,6-7,10H2,1-5H3. The molecule has 0 aliphatic rings. The maximum Gasteiger partial charge on any atom is 0.131 e. The molecular weight excluding hydrogens is 226 g/mol. The lowest BCUT2D eigenvalue weighted by molar-refractivity contribution is 0.304. The Labute approximate surface area is 110 Å². The van der Waals surface area contributed by atoms with Gasteiger partial charge < -0.3 is 15.3 Å². The van der Waals surface area contributed by atoms with Crippen molar-refractivity contribution in [2.45, 2.75) is 39.8 Å². The van der Waals surface area contributed by atoms with Crippen LogP contribution in [0.1, 0.15) is 31.9 Å². The number of nitrogens with zero attached hydrogens (tertiary/aromatic N) is 2. The van der Waals surface area contributed by atoms with E-state index >= 15 is 0 Å². The summed E-state index contributed by atoms with van der Waals surface area (Å²) in [6.45, 7) is 10.1. The second-order valence-corrected chi connectivity index (χ2v) is 5.73. The lowest BCUT2D eigenvalue weighted by atomic mass is 10.1. The van der Waals surface area contributed by atoms with E-state index in [0.29, 0.717) is 6.54 Å². The highest BCUT2D eigenvalue weighted by atomic mass is 16.3. The van der Waals surface area contributed by atoms with Gasteiger partial charge in [0.1, 0.15) is 5.82 Å². The van der Waals surface area contributed by atoms with Crippen LogP contribution in [0.25, 0.3) is 0 Å². The summed E-state index contributed by atoms with van der Waals surface area (Å²) < 4.78 is 0. The van der Waals surface area contributed by atoms with Crippen molar-refractivity contribution in [3.8, 4) is 0 Å². The normalized spacial score (nSPS) is 11.7. The van der Waals surface area contributed by atoms with Gasteiger partial charge in [-0.1, -0.05) is 0 Å². The molecule has 0 radical (unpaired) electrons. The molecule has 0 aliphatic carbocycles. The molecule has 0 amide bonds. The summed E-state index contributed by atoms with van der Waals surface area (Å²) in [7, 11) is 1.94. The Hall–Kier alpha value is -1.13. The Morgan fingerprint density at radius 1 is 1.39 bits per heavy atom. The molecular formula is C14H25N3O. The van der Waals surface area contributed by atoms with Crippen LogP contribution in [-0.2, 0) is 6.54 Å². The van der Waals surface area contributed by atoms with E-state index in [2.05, 4.69) is 44.1 Å². The highest BCUT2D eigenvalue weighted by Gasteiger charge is 2.10. The van der Waals surface area contributed by atoms with Crippen molar-refractivity contribution in [3.63, 3.8) is 0 Å². The molecule has 1 rings (SSSR count). The third kappa shape index (κ3) is 4.63. The molecule has 0 fully saturated rings. The van der Waals surface area contributed by atoms with E-state index in [9.17, 15) is 0 Å². The van der Waals surface area contributed by atoms with E-state index in [1.54, 1.807) is 0 Å². The van der Waals surface area contributed by atoms with E-state index in [1.807, 2.05) is 18.1 Å². The zero-order valence-corrected chi connectivity index (χ0v) is 12.1. The number of nitrogens with one attached hydrogen (secondary N) is 1. The lowest BCUT2D eigenvalue weighted by Gasteiger charge is -2.22. The Balaban J connectivity index is 2.73. The highest BCUT2D eigenvalue weighted by molar-refractivity contribution is 5.46. The third-order valence-corrected chi connectivity index (χ3v) is 2.73. The van der Waals surface area contributed by atoms with Gasteiger partial charge in [0.2, 0.25) is 0 Å². The van der Waals surface area contributed by atoms with E-state index in [1.165, 1.54) is 5.56 Å². The highest BCUT2D eigenvalue weighted by Crippen LogP contribution is 2.16. The van der Waals surface area contributed by atoms with Crippen molar-refractivity contribution in [2.75, 3.05) is 25.1 Å². The average molecular weight is 251 g/mol. The number of aromatic nitrogens is 1. The van der Waals surface area contributed by atoms with Crippen LogP contribution in [0.15, 0.2) is 12.3 Å². The van der Waals surface area contributed by atoms with Crippen LogP contribution in [0, 0.1) is 6.92 Å². The third-order valence-electron chi connectivity index (χ3n) is 2.73. The molecule has 2 N–H and O–H groups in total. The number of anilines is 1. The van der Waals surface area contributed by atoms with Gasteiger partial charge in [-0.2, -0.15) is 0 Å². The first-order chi connectivity index (χ1) is 8.33. The second-order valence-electron chi connectivity index (χ2n) is 5.73. The smallest absolute Gasteiger partial charge is 0.131 e. The zero-order chi connectivity index (χ0) is 13.8. The van der Waals surface area contributed by atoms with E-state index in [0.717, 1.165) is 17.9 Å². The minimum Gasteiger partial charge on any atom is -0.395 e. The number of aryl methyl sites for hydroxylation is 1. The number of rotatable bonds is 5. The second kappa shape index (κ2) is 6.16. The van der Waals surface area contributed by atoms with Crippen LogP contribution in [0.3, 0.4) is 0 Å². The van der Waals surface area contributed by atoms with E-state index in [-0.39, 0.29) is 12.1 Å². The Bertz CT molecular complexity index is 385. The Morgan fingerprint density at radius 3 is 2.56 bits per heavy atom. The zero-order valence-electron chi connectivity index (χ0n) is 12.1. The Kier molecular flexibility index (Phi) is 5.11. The summed E-state index contributed by atoms with van der Waals surface area (Å²) in [6, 6.07) is 2.15. The molecule has 1 aromatic rings. The van der Waals surface area contributed by atoms with Gasteiger partial charge in [0.25, 0.3) is 0 Å². The summed E-state index contributed by atoms with van der Waals surface area (Å²) >= 11 is 0. The molecule has 0 aliphatic heterocycles. The predicted octanol–water partition coefficient (Wildman–Crippen LogP) is 1.71. The number of aliphatic hydroxyl groups is 1. The largest absolute Gasteiger partial charge is 0.395 e. The molecule has 0 saturated heterocycles. The van der Waals surface area contributed by atoms with Crippen molar-refractivity contribution in [1.29, 1.82) is 0 Å². The molecule has 4 heteroatoms. The molecule has 0 atom stereocenters. The summed E-state index contributed by atoms with van der Waals surface area (Å²) in [5.74, 6) is 0.934. The van der Waals surface area contributed by atoms with Gasteiger partial charge in [0.05, 0.1) is 6.61 Å². The molecule has 0 aromatic carbocycles. The van der Waals surface area contributed by atoms with E-state index < -0.39 is 0 Å². The Morgan fingerprint density at radius 2 is 2.06 bits per heavy atom. The van der Waals surface area contributed by atoms with Crippen molar-refractivity contribution in [3.05, 3.63) is 23.4 Å². The van der Waals surface area contributed by atoms with Crippen LogP contribution in [0.4, 0.5) is 5.82 Å². The molecule has 0 saturated carbocycles. The molecule has 102 valence electrons. The predicted molar refractivity (Wildman–Crippen MR) is 75.9 cm³/mol.